The monoisotopic (exact) mass is 538 g/mol. The highest BCUT2D eigenvalue weighted by Gasteiger charge is 2.35. The number of carbonyl (C=O) groups excluding carboxylic acids is 1. The van der Waals surface area contributed by atoms with E-state index in [0.29, 0.717) is 52.1 Å². The first kappa shape index (κ1) is 27.7. The van der Waals surface area contributed by atoms with Gasteiger partial charge >= 0.3 is 12.3 Å². The number of carbonyl (C=O) groups is 1. The van der Waals surface area contributed by atoms with Crippen molar-refractivity contribution in [1.82, 2.24) is 19.9 Å². The maximum absolute atomic E-state index is 13.9. The van der Waals surface area contributed by atoms with Gasteiger partial charge in [0.1, 0.15) is 17.5 Å². The molecule has 1 atom stereocenters. The Balaban J connectivity index is 1.63. The van der Waals surface area contributed by atoms with E-state index in [2.05, 4.69) is 15.0 Å². The Kier molecular flexibility index (Phi) is 8.14. The van der Waals surface area contributed by atoms with E-state index < -0.39 is 29.5 Å². The highest BCUT2D eigenvalue weighted by molar-refractivity contribution is 5.68. The molecule has 13 heteroatoms. The van der Waals surface area contributed by atoms with Crippen molar-refractivity contribution in [2.24, 2.45) is 0 Å². The molecule has 0 aromatic carbocycles. The van der Waals surface area contributed by atoms with Gasteiger partial charge in [-0.1, -0.05) is 6.92 Å². The molecule has 0 bridgehead atoms. The maximum Gasteiger partial charge on any atom is 0.417 e. The van der Waals surface area contributed by atoms with Crippen LogP contribution in [-0.4, -0.2) is 77.0 Å². The van der Waals surface area contributed by atoms with Crippen molar-refractivity contribution >= 4 is 17.9 Å². The van der Waals surface area contributed by atoms with Gasteiger partial charge in [-0.05, 0) is 39.2 Å². The highest BCUT2D eigenvalue weighted by Crippen LogP contribution is 2.38. The molecule has 0 radical (unpaired) electrons. The Morgan fingerprint density at radius 2 is 1.92 bits per heavy atom. The topological polar surface area (TPSA) is 116 Å². The molecule has 0 unspecified atom stereocenters. The Morgan fingerprint density at radius 1 is 1.18 bits per heavy atom. The molecular formula is C25H33F3N6O4. The van der Waals surface area contributed by atoms with E-state index in [1.807, 2.05) is 25.7 Å². The number of aromatic nitrogens is 3. The fourth-order valence-electron chi connectivity index (χ4n) is 4.17. The summed E-state index contributed by atoms with van der Waals surface area (Å²) in [5, 5.41) is 0. The van der Waals surface area contributed by atoms with Gasteiger partial charge in [0.25, 0.3) is 0 Å². The van der Waals surface area contributed by atoms with Crippen LogP contribution in [0.3, 0.4) is 0 Å². The number of piperidine rings is 1. The van der Waals surface area contributed by atoms with Gasteiger partial charge in [0, 0.05) is 37.5 Å². The van der Waals surface area contributed by atoms with Gasteiger partial charge in [-0.25, -0.2) is 14.8 Å². The van der Waals surface area contributed by atoms with Crippen molar-refractivity contribution < 1.29 is 32.2 Å². The molecule has 0 saturated carbocycles. The smallest absolute Gasteiger partial charge is 0.417 e. The number of amides is 1. The second-order valence-electron chi connectivity index (χ2n) is 9.95. The number of nitrogens with zero attached hydrogens (tertiary/aromatic N) is 5. The van der Waals surface area contributed by atoms with E-state index in [9.17, 15) is 18.0 Å². The number of pyridine rings is 1. The number of ether oxygens (including phenoxy) is 3. The molecule has 4 rings (SSSR count). The lowest BCUT2D eigenvalue weighted by Crippen LogP contribution is -2.46. The van der Waals surface area contributed by atoms with Gasteiger partial charge in [0.15, 0.2) is 0 Å². The minimum Gasteiger partial charge on any atom is -0.472 e. The Hall–Kier alpha value is -3.35. The number of anilines is 2. The fourth-order valence-corrected chi connectivity index (χ4v) is 4.17. The summed E-state index contributed by atoms with van der Waals surface area (Å²) >= 11 is 0. The molecule has 0 spiro atoms. The number of nitrogens with two attached hydrogens (primary N) is 1. The van der Waals surface area contributed by atoms with Crippen molar-refractivity contribution in [3.05, 3.63) is 23.9 Å². The summed E-state index contributed by atoms with van der Waals surface area (Å²) in [6.07, 6.45) is -2.47. The average molecular weight is 539 g/mol. The predicted octanol–water partition coefficient (Wildman–Crippen LogP) is 4.14. The molecule has 0 aliphatic carbocycles. The first-order chi connectivity index (χ1) is 17.9. The van der Waals surface area contributed by atoms with Crippen molar-refractivity contribution in [3.63, 3.8) is 0 Å². The first-order valence-electron chi connectivity index (χ1n) is 12.6. The molecule has 1 amide bonds. The zero-order valence-corrected chi connectivity index (χ0v) is 21.8. The second-order valence-corrected chi connectivity index (χ2v) is 9.95. The van der Waals surface area contributed by atoms with Gasteiger partial charge in [0.05, 0.1) is 31.0 Å². The predicted molar refractivity (Wildman–Crippen MR) is 134 cm³/mol. The first-order valence-corrected chi connectivity index (χ1v) is 12.6. The molecule has 2 aliphatic heterocycles. The van der Waals surface area contributed by atoms with Crippen LogP contribution in [0, 0.1) is 0 Å². The van der Waals surface area contributed by atoms with E-state index in [4.69, 9.17) is 19.9 Å². The lowest BCUT2D eigenvalue weighted by Gasteiger charge is -2.34. The third-order valence-electron chi connectivity index (χ3n) is 6.63. The van der Waals surface area contributed by atoms with E-state index in [-0.39, 0.29) is 35.4 Å². The van der Waals surface area contributed by atoms with Gasteiger partial charge in [0.2, 0.25) is 11.8 Å². The Labute approximate surface area is 219 Å². The van der Waals surface area contributed by atoms with Crippen LogP contribution >= 0.6 is 0 Å². The number of morpholine rings is 1. The summed E-state index contributed by atoms with van der Waals surface area (Å²) < 4.78 is 58.8. The fraction of sp³-hybridized carbons (Fsp3) is 0.600. The molecule has 2 saturated heterocycles. The molecule has 2 aliphatic rings. The third-order valence-corrected chi connectivity index (χ3v) is 6.63. The average Bonchev–Trinajstić information content (AvgIpc) is 2.88. The lowest BCUT2D eigenvalue weighted by molar-refractivity contribution is -0.137. The number of hydrogen-bond acceptors (Lipinski definition) is 9. The molecular weight excluding hydrogens is 505 g/mol. The molecule has 38 heavy (non-hydrogen) atoms. The second kappa shape index (κ2) is 11.2. The minimum absolute atomic E-state index is 0.00749. The Morgan fingerprint density at radius 3 is 2.61 bits per heavy atom. The summed E-state index contributed by atoms with van der Waals surface area (Å²) in [5.41, 5.74) is 3.78. The number of hydrogen-bond donors (Lipinski definition) is 1. The van der Waals surface area contributed by atoms with E-state index in [0.717, 1.165) is 12.3 Å². The lowest BCUT2D eigenvalue weighted by atomic mass is 10.1. The van der Waals surface area contributed by atoms with Crippen LogP contribution in [0.15, 0.2) is 18.3 Å². The summed E-state index contributed by atoms with van der Waals surface area (Å²) in [6, 6.07) is 2.15. The van der Waals surface area contributed by atoms with Crippen molar-refractivity contribution in [2.45, 2.75) is 57.9 Å². The largest absolute Gasteiger partial charge is 0.472 e. The molecule has 2 fully saturated rings. The van der Waals surface area contributed by atoms with Crippen LogP contribution in [-0.2, 0) is 15.7 Å². The zero-order chi connectivity index (χ0) is 27.5. The van der Waals surface area contributed by atoms with E-state index in [1.165, 1.54) is 6.07 Å². The van der Waals surface area contributed by atoms with E-state index >= 15 is 0 Å². The van der Waals surface area contributed by atoms with Gasteiger partial charge in [-0.15, -0.1) is 0 Å². The third kappa shape index (κ3) is 6.74. The molecule has 208 valence electrons. The van der Waals surface area contributed by atoms with Crippen LogP contribution in [0.25, 0.3) is 11.3 Å². The van der Waals surface area contributed by atoms with Crippen LogP contribution in [0.4, 0.5) is 29.7 Å². The van der Waals surface area contributed by atoms with Crippen molar-refractivity contribution in [2.75, 3.05) is 50.0 Å². The number of rotatable bonds is 6. The summed E-state index contributed by atoms with van der Waals surface area (Å²) in [4.78, 5) is 28.9. The van der Waals surface area contributed by atoms with Gasteiger partial charge < -0.3 is 29.7 Å². The molecule has 2 N–H and O–H groups in total. The molecule has 2 aromatic heterocycles. The zero-order valence-electron chi connectivity index (χ0n) is 21.8. The van der Waals surface area contributed by atoms with Gasteiger partial charge in [-0.2, -0.15) is 18.2 Å². The standard InChI is InChI=1S/C25H33F3N6O4/c1-4-24(2,3)38-23(35)34-7-5-6-16(15-34)37-21-13-19(31-22(32-21)33-8-10-36-11-9-33)17-14-30-20(29)12-18(17)25(26,27)28/h12-14,16H,4-11,15H2,1-3H3,(H2,29,30)/t16-/m0/s1. The van der Waals surface area contributed by atoms with Crippen molar-refractivity contribution in [3.8, 4) is 17.1 Å². The number of halogens is 3. The van der Waals surface area contributed by atoms with E-state index in [1.54, 1.807) is 4.90 Å². The van der Waals surface area contributed by atoms with Crippen LogP contribution in [0.1, 0.15) is 45.6 Å². The summed E-state index contributed by atoms with van der Waals surface area (Å²) in [6.45, 7) is 8.26. The highest BCUT2D eigenvalue weighted by atomic mass is 19.4. The van der Waals surface area contributed by atoms with Crippen LogP contribution in [0.2, 0.25) is 0 Å². The number of likely N-dealkylation sites (tertiary alicyclic amines) is 1. The van der Waals surface area contributed by atoms with Gasteiger partial charge in [-0.3, -0.25) is 0 Å². The van der Waals surface area contributed by atoms with Crippen LogP contribution < -0.4 is 15.4 Å². The molecule has 2 aromatic rings. The normalized spacial score (nSPS) is 18.8. The summed E-state index contributed by atoms with van der Waals surface area (Å²) in [7, 11) is 0. The van der Waals surface area contributed by atoms with Crippen molar-refractivity contribution in [1.29, 1.82) is 0 Å². The minimum atomic E-state index is -4.67. The molecule has 4 heterocycles. The molecule has 10 nitrogen and oxygen atoms in total. The quantitative estimate of drug-likeness (QED) is 0.579. The number of nitrogen functional groups attached to an aromatic ring is 1. The van der Waals surface area contributed by atoms with Crippen LogP contribution in [0.5, 0.6) is 5.88 Å². The maximum atomic E-state index is 13.9. The number of alkyl halides is 3. The summed E-state index contributed by atoms with van der Waals surface area (Å²) in [5.74, 6) is 0.0820. The SMILES string of the molecule is CCC(C)(C)OC(=O)N1CCC[C@H](Oc2cc(-c3cnc(N)cc3C(F)(F)F)nc(N3CCOCC3)n2)C1. The Bertz CT molecular complexity index is 1140.